The maximum Gasteiger partial charge on any atom is 0.191 e. The molecule has 2 N–H and O–H groups in total. The standard InChI is InChI=1S/C22H32N4O2S/c1-3-23-22(24-10-9-18-6-4-7-19(16-18)27-2)25-17-20(21-8-5-15-29-21)26-11-13-28-14-12-26/h4-8,15-16,20H,3,9-14,17H2,1-2H3,(H2,23,24,25). The number of hydrogen-bond donors (Lipinski definition) is 2. The van der Waals surface area contributed by atoms with Crippen LogP contribution in [-0.2, 0) is 11.2 Å². The van der Waals surface area contributed by atoms with E-state index in [-0.39, 0.29) is 0 Å². The van der Waals surface area contributed by atoms with Crippen molar-refractivity contribution in [3.8, 4) is 5.75 Å². The van der Waals surface area contributed by atoms with Gasteiger partial charge in [-0.15, -0.1) is 11.3 Å². The zero-order valence-electron chi connectivity index (χ0n) is 17.4. The molecule has 1 saturated heterocycles. The summed E-state index contributed by atoms with van der Waals surface area (Å²) in [5.41, 5.74) is 1.25. The van der Waals surface area contributed by atoms with Crippen LogP contribution in [0.4, 0.5) is 0 Å². The van der Waals surface area contributed by atoms with Crippen LogP contribution in [-0.4, -0.2) is 63.9 Å². The summed E-state index contributed by atoms with van der Waals surface area (Å²) in [6, 6.07) is 12.8. The first-order valence-corrected chi connectivity index (χ1v) is 11.2. The molecule has 2 aromatic rings. The number of ether oxygens (including phenoxy) is 2. The molecule has 1 aliphatic heterocycles. The first kappa shape index (κ1) is 21.6. The van der Waals surface area contributed by atoms with E-state index < -0.39 is 0 Å². The monoisotopic (exact) mass is 416 g/mol. The summed E-state index contributed by atoms with van der Waals surface area (Å²) in [7, 11) is 1.70. The van der Waals surface area contributed by atoms with Crippen molar-refractivity contribution in [1.29, 1.82) is 0 Å². The van der Waals surface area contributed by atoms with E-state index in [0.29, 0.717) is 6.04 Å². The van der Waals surface area contributed by atoms with Crippen molar-refractivity contribution < 1.29 is 9.47 Å². The van der Waals surface area contributed by atoms with Crippen LogP contribution in [0.1, 0.15) is 23.4 Å². The minimum atomic E-state index is 0.299. The van der Waals surface area contributed by atoms with Gasteiger partial charge in [-0.3, -0.25) is 9.89 Å². The molecule has 158 valence electrons. The van der Waals surface area contributed by atoms with Crippen molar-refractivity contribution in [2.75, 3.05) is 53.0 Å². The Hall–Kier alpha value is -2.09. The van der Waals surface area contributed by atoms with Gasteiger partial charge in [0, 0.05) is 31.1 Å². The van der Waals surface area contributed by atoms with Gasteiger partial charge in [-0.05, 0) is 42.5 Å². The molecule has 0 aliphatic carbocycles. The van der Waals surface area contributed by atoms with E-state index >= 15 is 0 Å². The number of methoxy groups -OCH3 is 1. The largest absolute Gasteiger partial charge is 0.497 e. The van der Waals surface area contributed by atoms with E-state index in [1.165, 1.54) is 10.4 Å². The molecule has 1 atom stereocenters. The molecule has 0 radical (unpaired) electrons. The third kappa shape index (κ3) is 6.73. The highest BCUT2D eigenvalue weighted by Crippen LogP contribution is 2.26. The van der Waals surface area contributed by atoms with E-state index in [1.807, 2.05) is 12.1 Å². The molecular weight excluding hydrogens is 384 g/mol. The van der Waals surface area contributed by atoms with E-state index in [1.54, 1.807) is 18.4 Å². The lowest BCUT2D eigenvalue weighted by atomic mass is 10.1. The first-order chi connectivity index (χ1) is 14.3. The summed E-state index contributed by atoms with van der Waals surface area (Å²) < 4.78 is 10.8. The average Bonchev–Trinajstić information content (AvgIpc) is 3.29. The molecule has 2 heterocycles. The molecule has 1 aliphatic rings. The molecule has 0 spiro atoms. The zero-order chi connectivity index (χ0) is 20.3. The molecule has 0 amide bonds. The lowest BCUT2D eigenvalue weighted by Crippen LogP contribution is -2.42. The fourth-order valence-corrected chi connectivity index (χ4v) is 4.28. The topological polar surface area (TPSA) is 58.1 Å². The summed E-state index contributed by atoms with van der Waals surface area (Å²) in [6.45, 7) is 7.99. The number of rotatable bonds is 9. The summed E-state index contributed by atoms with van der Waals surface area (Å²) in [4.78, 5) is 8.75. The highest BCUT2D eigenvalue weighted by molar-refractivity contribution is 7.10. The molecule has 1 aromatic heterocycles. The number of aliphatic imine (C=N–C) groups is 1. The molecule has 6 nitrogen and oxygen atoms in total. The summed E-state index contributed by atoms with van der Waals surface area (Å²) >= 11 is 1.80. The fraction of sp³-hybridized carbons (Fsp3) is 0.500. The maximum atomic E-state index is 5.54. The number of morpholine rings is 1. The summed E-state index contributed by atoms with van der Waals surface area (Å²) in [5.74, 6) is 1.76. The number of nitrogens with one attached hydrogen (secondary N) is 2. The third-order valence-corrected chi connectivity index (χ3v) is 5.94. The number of thiophene rings is 1. The van der Waals surface area contributed by atoms with Gasteiger partial charge < -0.3 is 20.1 Å². The number of guanidine groups is 1. The predicted molar refractivity (Wildman–Crippen MR) is 120 cm³/mol. The predicted octanol–water partition coefficient (Wildman–Crippen LogP) is 2.93. The molecule has 29 heavy (non-hydrogen) atoms. The molecule has 0 saturated carbocycles. The molecule has 1 fully saturated rings. The van der Waals surface area contributed by atoms with Gasteiger partial charge in [0.15, 0.2) is 5.96 Å². The van der Waals surface area contributed by atoms with Crippen LogP contribution in [0.3, 0.4) is 0 Å². The van der Waals surface area contributed by atoms with Crippen LogP contribution in [0.15, 0.2) is 46.8 Å². The smallest absolute Gasteiger partial charge is 0.191 e. The van der Waals surface area contributed by atoms with Gasteiger partial charge in [0.25, 0.3) is 0 Å². The molecule has 0 bridgehead atoms. The van der Waals surface area contributed by atoms with E-state index in [4.69, 9.17) is 14.5 Å². The second kappa shape index (κ2) is 11.8. The Kier molecular flexibility index (Phi) is 8.80. The van der Waals surface area contributed by atoms with Crippen molar-refractivity contribution in [2.24, 2.45) is 4.99 Å². The van der Waals surface area contributed by atoms with Crippen LogP contribution >= 0.6 is 11.3 Å². The van der Waals surface area contributed by atoms with Crippen molar-refractivity contribution in [2.45, 2.75) is 19.4 Å². The van der Waals surface area contributed by atoms with Crippen LogP contribution in [0.5, 0.6) is 5.75 Å². The van der Waals surface area contributed by atoms with Crippen molar-refractivity contribution in [3.05, 3.63) is 52.2 Å². The Morgan fingerprint density at radius 2 is 2.10 bits per heavy atom. The summed E-state index contributed by atoms with van der Waals surface area (Å²) in [6.07, 6.45) is 0.916. The number of benzene rings is 1. The number of hydrogen-bond acceptors (Lipinski definition) is 5. The lowest BCUT2D eigenvalue weighted by Gasteiger charge is -2.33. The zero-order valence-corrected chi connectivity index (χ0v) is 18.2. The maximum absolute atomic E-state index is 5.54. The lowest BCUT2D eigenvalue weighted by molar-refractivity contribution is 0.0186. The Labute approximate surface area is 177 Å². The number of nitrogens with zero attached hydrogens (tertiary/aromatic N) is 2. The van der Waals surface area contributed by atoms with Crippen molar-refractivity contribution >= 4 is 17.3 Å². The minimum Gasteiger partial charge on any atom is -0.497 e. The Morgan fingerprint density at radius 1 is 1.24 bits per heavy atom. The second-order valence-electron chi connectivity index (χ2n) is 6.93. The van der Waals surface area contributed by atoms with Crippen LogP contribution in [0.2, 0.25) is 0 Å². The quantitative estimate of drug-likeness (QED) is 0.486. The van der Waals surface area contributed by atoms with Gasteiger partial charge in [-0.25, -0.2) is 0 Å². The highest BCUT2D eigenvalue weighted by Gasteiger charge is 2.23. The molecule has 1 aromatic carbocycles. The van der Waals surface area contributed by atoms with Crippen LogP contribution < -0.4 is 15.4 Å². The minimum absolute atomic E-state index is 0.299. The van der Waals surface area contributed by atoms with Gasteiger partial charge in [0.2, 0.25) is 0 Å². The summed E-state index contributed by atoms with van der Waals surface area (Å²) in [5, 5.41) is 8.98. The Bertz CT molecular complexity index is 745. The van der Waals surface area contributed by atoms with E-state index in [0.717, 1.165) is 64.1 Å². The van der Waals surface area contributed by atoms with Gasteiger partial charge in [-0.2, -0.15) is 0 Å². The van der Waals surface area contributed by atoms with Gasteiger partial charge >= 0.3 is 0 Å². The normalized spacial score (nSPS) is 16.4. The Morgan fingerprint density at radius 3 is 2.83 bits per heavy atom. The van der Waals surface area contributed by atoms with Gasteiger partial charge in [0.05, 0.1) is 32.9 Å². The van der Waals surface area contributed by atoms with Crippen molar-refractivity contribution in [3.63, 3.8) is 0 Å². The molecule has 3 rings (SSSR count). The third-order valence-electron chi connectivity index (χ3n) is 4.96. The molecule has 7 heteroatoms. The van der Waals surface area contributed by atoms with E-state index in [2.05, 4.69) is 52.1 Å². The SMILES string of the molecule is CCNC(=NCC(c1cccs1)N1CCOCC1)NCCc1cccc(OC)c1. The van der Waals surface area contributed by atoms with Crippen LogP contribution in [0, 0.1) is 0 Å². The van der Waals surface area contributed by atoms with Gasteiger partial charge in [0.1, 0.15) is 5.75 Å². The molecule has 1 unspecified atom stereocenters. The molecular formula is C22H32N4O2S. The Balaban J connectivity index is 1.60. The second-order valence-corrected chi connectivity index (χ2v) is 7.91. The first-order valence-electron chi connectivity index (χ1n) is 10.3. The van der Waals surface area contributed by atoms with Crippen LogP contribution in [0.25, 0.3) is 0 Å². The van der Waals surface area contributed by atoms with Gasteiger partial charge in [-0.1, -0.05) is 18.2 Å². The van der Waals surface area contributed by atoms with Crippen molar-refractivity contribution in [1.82, 2.24) is 15.5 Å². The highest BCUT2D eigenvalue weighted by atomic mass is 32.1. The average molecular weight is 417 g/mol. The van der Waals surface area contributed by atoms with E-state index in [9.17, 15) is 0 Å². The fourth-order valence-electron chi connectivity index (χ4n) is 3.43.